The summed E-state index contributed by atoms with van der Waals surface area (Å²) in [7, 11) is 0. The predicted octanol–water partition coefficient (Wildman–Crippen LogP) is 2.65. The summed E-state index contributed by atoms with van der Waals surface area (Å²) in [6, 6.07) is 10.3. The van der Waals surface area contributed by atoms with E-state index < -0.39 is 0 Å². The normalized spacial score (nSPS) is 18.8. The van der Waals surface area contributed by atoms with Crippen LogP contribution in [0.5, 0.6) is 0 Å². The molecule has 2 aromatic rings. The molecule has 0 spiro atoms. The molecular weight excluding hydrogens is 383 g/mol. The standard InChI is InChI=1S/C23H29FN4O2/c24-21-5-1-3-19(15-21)17-28-13-2-4-20(8-12-26-22(29)9-14-28)23(30)27-16-18-6-10-25-11-7-18/h1,3,5-7,10-11,15,20H,2,4,8-9,12-14,16-17H2,(H,26,29)(H,27,30). The number of amides is 2. The van der Waals surface area contributed by atoms with Crippen molar-refractivity contribution < 1.29 is 14.0 Å². The zero-order valence-corrected chi connectivity index (χ0v) is 17.1. The van der Waals surface area contributed by atoms with Crippen molar-refractivity contribution in [2.75, 3.05) is 19.6 Å². The highest BCUT2D eigenvalue weighted by molar-refractivity contribution is 5.79. The fourth-order valence-electron chi connectivity index (χ4n) is 3.70. The number of hydrogen-bond donors (Lipinski definition) is 2. The monoisotopic (exact) mass is 412 g/mol. The van der Waals surface area contributed by atoms with Gasteiger partial charge in [-0.25, -0.2) is 4.39 Å². The van der Waals surface area contributed by atoms with Crippen LogP contribution in [-0.2, 0) is 22.7 Å². The highest BCUT2D eigenvalue weighted by Crippen LogP contribution is 2.15. The van der Waals surface area contributed by atoms with E-state index in [1.807, 2.05) is 18.2 Å². The Morgan fingerprint density at radius 2 is 2.00 bits per heavy atom. The Hall–Kier alpha value is -2.80. The third-order valence-electron chi connectivity index (χ3n) is 5.38. The second-order valence-electron chi connectivity index (χ2n) is 7.71. The zero-order chi connectivity index (χ0) is 21.2. The number of halogens is 1. The largest absolute Gasteiger partial charge is 0.356 e. The summed E-state index contributed by atoms with van der Waals surface area (Å²) in [6.07, 6.45) is 6.02. The average Bonchev–Trinajstić information content (AvgIpc) is 2.78. The van der Waals surface area contributed by atoms with Gasteiger partial charge in [0.2, 0.25) is 11.8 Å². The molecular formula is C23H29FN4O2. The number of benzene rings is 1. The van der Waals surface area contributed by atoms with Crippen LogP contribution in [0.3, 0.4) is 0 Å². The van der Waals surface area contributed by atoms with Crippen LogP contribution in [0, 0.1) is 11.7 Å². The Kier molecular flexibility index (Phi) is 8.32. The third-order valence-corrected chi connectivity index (χ3v) is 5.38. The zero-order valence-electron chi connectivity index (χ0n) is 17.1. The topological polar surface area (TPSA) is 74.3 Å². The number of rotatable bonds is 5. The van der Waals surface area contributed by atoms with Gasteiger partial charge in [0.1, 0.15) is 5.82 Å². The van der Waals surface area contributed by atoms with Crippen molar-refractivity contribution in [3.05, 3.63) is 65.7 Å². The van der Waals surface area contributed by atoms with E-state index in [1.54, 1.807) is 18.5 Å². The summed E-state index contributed by atoms with van der Waals surface area (Å²) >= 11 is 0. The molecule has 1 unspecified atom stereocenters. The van der Waals surface area contributed by atoms with Gasteiger partial charge < -0.3 is 10.6 Å². The molecule has 0 saturated carbocycles. The Labute approximate surface area is 176 Å². The van der Waals surface area contributed by atoms with Gasteiger partial charge in [-0.1, -0.05) is 12.1 Å². The first-order chi connectivity index (χ1) is 14.6. The minimum absolute atomic E-state index is 0.0111. The van der Waals surface area contributed by atoms with Crippen molar-refractivity contribution >= 4 is 11.8 Å². The predicted molar refractivity (Wildman–Crippen MR) is 113 cm³/mol. The van der Waals surface area contributed by atoms with E-state index in [4.69, 9.17) is 0 Å². The second kappa shape index (κ2) is 11.4. The number of hydrogen-bond acceptors (Lipinski definition) is 4. The fourth-order valence-corrected chi connectivity index (χ4v) is 3.70. The van der Waals surface area contributed by atoms with Crippen LogP contribution < -0.4 is 10.6 Å². The molecule has 7 heteroatoms. The molecule has 3 rings (SSSR count). The van der Waals surface area contributed by atoms with Crippen molar-refractivity contribution in [3.63, 3.8) is 0 Å². The van der Waals surface area contributed by atoms with Gasteiger partial charge in [-0.3, -0.25) is 19.5 Å². The fraction of sp³-hybridized carbons (Fsp3) is 0.435. The van der Waals surface area contributed by atoms with Gasteiger partial charge in [0.05, 0.1) is 0 Å². The minimum Gasteiger partial charge on any atom is -0.356 e. The number of aromatic nitrogens is 1. The summed E-state index contributed by atoms with van der Waals surface area (Å²) in [5.41, 5.74) is 1.89. The van der Waals surface area contributed by atoms with Gasteiger partial charge >= 0.3 is 0 Å². The maximum Gasteiger partial charge on any atom is 0.223 e. The van der Waals surface area contributed by atoms with Gasteiger partial charge in [0, 0.05) is 50.9 Å². The highest BCUT2D eigenvalue weighted by atomic mass is 19.1. The molecule has 1 fully saturated rings. The van der Waals surface area contributed by atoms with Crippen molar-refractivity contribution in [2.24, 2.45) is 5.92 Å². The smallest absolute Gasteiger partial charge is 0.223 e. The van der Waals surface area contributed by atoms with E-state index in [9.17, 15) is 14.0 Å². The summed E-state index contributed by atoms with van der Waals surface area (Å²) in [4.78, 5) is 31.0. The Morgan fingerprint density at radius 1 is 1.17 bits per heavy atom. The van der Waals surface area contributed by atoms with Crippen LogP contribution in [0.25, 0.3) is 0 Å². The lowest BCUT2D eigenvalue weighted by Gasteiger charge is -2.22. The van der Waals surface area contributed by atoms with Crippen LogP contribution in [0.15, 0.2) is 48.8 Å². The van der Waals surface area contributed by atoms with Crippen LogP contribution in [0.2, 0.25) is 0 Å². The molecule has 1 atom stereocenters. The number of nitrogens with one attached hydrogen (secondary N) is 2. The summed E-state index contributed by atoms with van der Waals surface area (Å²) in [5, 5.41) is 5.92. The van der Waals surface area contributed by atoms with Gasteiger partial charge in [-0.2, -0.15) is 0 Å². The Bertz CT molecular complexity index is 831. The SMILES string of the molecule is O=C1CCN(Cc2cccc(F)c2)CCCC(C(=O)NCc2ccncc2)CCN1. The van der Waals surface area contributed by atoms with Crippen LogP contribution in [-0.4, -0.2) is 41.3 Å². The van der Waals surface area contributed by atoms with Gasteiger partial charge in [-0.05, 0) is 61.2 Å². The maximum atomic E-state index is 13.5. The molecule has 1 aliphatic heterocycles. The van der Waals surface area contributed by atoms with Crippen molar-refractivity contribution in [1.82, 2.24) is 20.5 Å². The van der Waals surface area contributed by atoms with Crippen LogP contribution in [0.4, 0.5) is 4.39 Å². The first kappa shape index (κ1) is 21.9. The van der Waals surface area contributed by atoms with Gasteiger partial charge in [0.15, 0.2) is 0 Å². The van der Waals surface area contributed by atoms with Crippen molar-refractivity contribution in [1.29, 1.82) is 0 Å². The number of carbonyl (C=O) groups is 2. The number of carbonyl (C=O) groups excluding carboxylic acids is 2. The van der Waals surface area contributed by atoms with E-state index in [0.29, 0.717) is 39.0 Å². The molecule has 30 heavy (non-hydrogen) atoms. The molecule has 2 heterocycles. The first-order valence-electron chi connectivity index (χ1n) is 10.5. The maximum absolute atomic E-state index is 13.5. The molecule has 1 aromatic heterocycles. The van der Waals surface area contributed by atoms with E-state index in [0.717, 1.165) is 30.5 Å². The van der Waals surface area contributed by atoms with Gasteiger partial charge in [0.25, 0.3) is 0 Å². The van der Waals surface area contributed by atoms with Crippen LogP contribution in [0.1, 0.15) is 36.8 Å². The summed E-state index contributed by atoms with van der Waals surface area (Å²) in [6.45, 7) is 2.93. The minimum atomic E-state index is -0.256. The lowest BCUT2D eigenvalue weighted by Crippen LogP contribution is -2.33. The summed E-state index contributed by atoms with van der Waals surface area (Å²) in [5.74, 6) is -0.413. The van der Waals surface area contributed by atoms with E-state index in [1.165, 1.54) is 12.1 Å². The number of nitrogens with zero attached hydrogens (tertiary/aromatic N) is 2. The Balaban J connectivity index is 1.57. The molecule has 6 nitrogen and oxygen atoms in total. The van der Waals surface area contributed by atoms with E-state index in [2.05, 4.69) is 20.5 Å². The third kappa shape index (κ3) is 7.22. The molecule has 0 aliphatic carbocycles. The Morgan fingerprint density at radius 3 is 2.80 bits per heavy atom. The average molecular weight is 413 g/mol. The van der Waals surface area contributed by atoms with Crippen molar-refractivity contribution in [2.45, 2.75) is 38.8 Å². The lowest BCUT2D eigenvalue weighted by atomic mass is 9.98. The van der Waals surface area contributed by atoms with E-state index >= 15 is 0 Å². The molecule has 1 aromatic carbocycles. The lowest BCUT2D eigenvalue weighted by molar-refractivity contribution is -0.126. The molecule has 2 amide bonds. The molecule has 0 bridgehead atoms. The van der Waals surface area contributed by atoms with Crippen molar-refractivity contribution in [3.8, 4) is 0 Å². The van der Waals surface area contributed by atoms with Gasteiger partial charge in [-0.15, -0.1) is 0 Å². The van der Waals surface area contributed by atoms with Crippen LogP contribution >= 0.6 is 0 Å². The quantitative estimate of drug-likeness (QED) is 0.792. The molecule has 0 radical (unpaired) electrons. The molecule has 2 N–H and O–H groups in total. The molecule has 160 valence electrons. The number of pyridine rings is 1. The van der Waals surface area contributed by atoms with E-state index in [-0.39, 0.29) is 23.5 Å². The first-order valence-corrected chi connectivity index (χ1v) is 10.5. The molecule has 1 saturated heterocycles. The molecule has 1 aliphatic rings. The highest BCUT2D eigenvalue weighted by Gasteiger charge is 2.20. The second-order valence-corrected chi connectivity index (χ2v) is 7.71. The summed E-state index contributed by atoms with van der Waals surface area (Å²) < 4.78 is 13.5.